The molecule has 0 N–H and O–H groups in total. The summed E-state index contributed by atoms with van der Waals surface area (Å²) in [5.74, 6) is 0.159. The largest absolute Gasteiger partial charge is 0.294 e. The van der Waals surface area contributed by atoms with Gasteiger partial charge in [-0.1, -0.05) is 59.7 Å². The average Bonchev–Trinajstić information content (AvgIpc) is 2.37. The molecule has 1 rings (SSSR count). The quantitative estimate of drug-likeness (QED) is 0.531. The number of aryl methyl sites for hydroxylation is 1. The summed E-state index contributed by atoms with van der Waals surface area (Å²) in [5, 5.41) is 0. The minimum Gasteiger partial charge on any atom is -0.294 e. The number of hydrogen-bond donors (Lipinski definition) is 0. The molecule has 0 aliphatic carbocycles. The molecule has 100 valence electrons. The van der Waals surface area contributed by atoms with Gasteiger partial charge in [0.2, 0.25) is 0 Å². The van der Waals surface area contributed by atoms with Crippen molar-refractivity contribution in [2.75, 3.05) is 0 Å². The van der Waals surface area contributed by atoms with Gasteiger partial charge < -0.3 is 0 Å². The van der Waals surface area contributed by atoms with Gasteiger partial charge in [-0.15, -0.1) is 0 Å². The van der Waals surface area contributed by atoms with Gasteiger partial charge in [0.15, 0.2) is 5.78 Å². The predicted molar refractivity (Wildman–Crippen MR) is 82.5 cm³/mol. The van der Waals surface area contributed by atoms with Crippen molar-refractivity contribution < 1.29 is 4.79 Å². The van der Waals surface area contributed by atoms with Crippen molar-refractivity contribution in [3.05, 3.63) is 70.8 Å². The SMILES string of the molecule is C/C=C\C(=C/C=C(C)C)CC(=O)c1ccc(C)cc1. The molecule has 1 aromatic carbocycles. The monoisotopic (exact) mass is 254 g/mol. The lowest BCUT2D eigenvalue weighted by Gasteiger charge is -2.03. The molecule has 19 heavy (non-hydrogen) atoms. The van der Waals surface area contributed by atoms with Crippen molar-refractivity contribution in [1.82, 2.24) is 0 Å². The fourth-order valence-corrected chi connectivity index (χ4v) is 1.69. The van der Waals surface area contributed by atoms with Gasteiger partial charge in [0, 0.05) is 12.0 Å². The van der Waals surface area contributed by atoms with Gasteiger partial charge >= 0.3 is 0 Å². The van der Waals surface area contributed by atoms with Crippen LogP contribution >= 0.6 is 0 Å². The topological polar surface area (TPSA) is 17.1 Å². The Balaban J connectivity index is 2.85. The van der Waals surface area contributed by atoms with E-state index in [-0.39, 0.29) is 5.78 Å². The first kappa shape index (κ1) is 15.2. The maximum absolute atomic E-state index is 12.2. The fourth-order valence-electron chi connectivity index (χ4n) is 1.69. The average molecular weight is 254 g/mol. The van der Waals surface area contributed by atoms with E-state index in [4.69, 9.17) is 0 Å². The highest BCUT2D eigenvalue weighted by atomic mass is 16.1. The molecule has 1 nitrogen and oxygen atoms in total. The molecule has 0 atom stereocenters. The summed E-state index contributed by atoms with van der Waals surface area (Å²) in [4.78, 5) is 12.2. The lowest BCUT2D eigenvalue weighted by molar-refractivity contribution is 0.0994. The lowest BCUT2D eigenvalue weighted by atomic mass is 10.0. The van der Waals surface area contributed by atoms with Crippen molar-refractivity contribution in [3.63, 3.8) is 0 Å². The molecule has 0 amide bonds. The Morgan fingerprint density at radius 2 is 1.74 bits per heavy atom. The third kappa shape index (κ3) is 5.52. The zero-order valence-corrected chi connectivity index (χ0v) is 12.2. The summed E-state index contributed by atoms with van der Waals surface area (Å²) in [5.41, 5.74) is 4.21. The summed E-state index contributed by atoms with van der Waals surface area (Å²) >= 11 is 0. The van der Waals surface area contributed by atoms with Crippen LogP contribution in [0.4, 0.5) is 0 Å². The molecule has 0 spiro atoms. The van der Waals surface area contributed by atoms with Crippen molar-refractivity contribution in [2.45, 2.75) is 34.1 Å². The fraction of sp³-hybridized carbons (Fsp3) is 0.278. The normalized spacial score (nSPS) is 11.7. The Morgan fingerprint density at radius 3 is 2.26 bits per heavy atom. The first-order chi connectivity index (χ1) is 9.02. The molecule has 0 aromatic heterocycles. The minimum absolute atomic E-state index is 0.159. The molecule has 0 saturated carbocycles. The zero-order valence-electron chi connectivity index (χ0n) is 12.2. The van der Waals surface area contributed by atoms with Gasteiger partial charge in [0.25, 0.3) is 0 Å². The van der Waals surface area contributed by atoms with Crippen LogP contribution in [0, 0.1) is 6.92 Å². The molecule has 0 aliphatic rings. The van der Waals surface area contributed by atoms with E-state index in [1.165, 1.54) is 11.1 Å². The summed E-state index contributed by atoms with van der Waals surface area (Å²) in [7, 11) is 0. The first-order valence-corrected chi connectivity index (χ1v) is 6.59. The van der Waals surface area contributed by atoms with E-state index in [0.29, 0.717) is 6.42 Å². The van der Waals surface area contributed by atoms with E-state index in [1.807, 2.05) is 76.3 Å². The molecule has 0 radical (unpaired) electrons. The van der Waals surface area contributed by atoms with Crippen molar-refractivity contribution in [3.8, 4) is 0 Å². The summed E-state index contributed by atoms with van der Waals surface area (Å²) in [6.45, 7) is 8.08. The van der Waals surface area contributed by atoms with Crippen molar-refractivity contribution in [2.24, 2.45) is 0 Å². The molecule has 1 aromatic rings. The van der Waals surface area contributed by atoms with Crippen LogP contribution in [-0.4, -0.2) is 5.78 Å². The summed E-state index contributed by atoms with van der Waals surface area (Å²) < 4.78 is 0. The Morgan fingerprint density at radius 1 is 1.11 bits per heavy atom. The van der Waals surface area contributed by atoms with Crippen LogP contribution in [0.15, 0.2) is 59.7 Å². The number of carbonyl (C=O) groups is 1. The second kappa shape index (κ2) is 7.52. The van der Waals surface area contributed by atoms with Gasteiger partial charge in [-0.2, -0.15) is 0 Å². The highest BCUT2D eigenvalue weighted by Crippen LogP contribution is 2.12. The Labute approximate surface area is 116 Å². The van der Waals surface area contributed by atoms with E-state index in [2.05, 4.69) is 0 Å². The van der Waals surface area contributed by atoms with Gasteiger partial charge in [-0.05, 0) is 33.3 Å². The third-order valence-corrected chi connectivity index (χ3v) is 2.75. The molecule has 0 aliphatic heterocycles. The third-order valence-electron chi connectivity index (χ3n) is 2.75. The van der Waals surface area contributed by atoms with Crippen molar-refractivity contribution in [1.29, 1.82) is 0 Å². The lowest BCUT2D eigenvalue weighted by Crippen LogP contribution is -2.00. The van der Waals surface area contributed by atoms with E-state index in [0.717, 1.165) is 11.1 Å². The molecule has 1 heteroatoms. The van der Waals surface area contributed by atoms with Gasteiger partial charge in [0.05, 0.1) is 0 Å². The standard InChI is InChI=1S/C18H22O/c1-5-6-16(10-7-14(2)3)13-18(19)17-11-8-15(4)9-12-17/h5-12H,13H2,1-4H3/b6-5-,16-10+. The Bertz CT molecular complexity index is 509. The minimum atomic E-state index is 0.159. The van der Waals surface area contributed by atoms with Crippen LogP contribution in [0.3, 0.4) is 0 Å². The Hall–Kier alpha value is -1.89. The smallest absolute Gasteiger partial charge is 0.167 e. The van der Waals surface area contributed by atoms with Crippen molar-refractivity contribution >= 4 is 5.78 Å². The maximum atomic E-state index is 12.2. The molecular formula is C18H22O. The second-order valence-electron chi connectivity index (χ2n) is 4.95. The Kier molecular flexibility index (Phi) is 6.01. The number of allylic oxidation sites excluding steroid dienone is 6. The number of benzene rings is 1. The molecule has 0 bridgehead atoms. The van der Waals surface area contributed by atoms with E-state index in [9.17, 15) is 4.79 Å². The molecule has 0 heterocycles. The molecule has 0 saturated heterocycles. The van der Waals surface area contributed by atoms with Crippen LogP contribution in [-0.2, 0) is 0 Å². The zero-order chi connectivity index (χ0) is 14.3. The van der Waals surface area contributed by atoms with Crippen LogP contribution in [0.1, 0.15) is 43.1 Å². The number of ketones is 1. The van der Waals surface area contributed by atoms with Gasteiger partial charge in [-0.25, -0.2) is 0 Å². The number of carbonyl (C=O) groups excluding carboxylic acids is 1. The van der Waals surface area contributed by atoms with E-state index in [1.54, 1.807) is 0 Å². The van der Waals surface area contributed by atoms with Crippen LogP contribution in [0.5, 0.6) is 0 Å². The number of Topliss-reactive ketones (excluding diaryl/α,β-unsaturated/α-hetero) is 1. The van der Waals surface area contributed by atoms with Gasteiger partial charge in [0.1, 0.15) is 0 Å². The van der Waals surface area contributed by atoms with Gasteiger partial charge in [-0.3, -0.25) is 4.79 Å². The highest BCUT2D eigenvalue weighted by Gasteiger charge is 2.06. The highest BCUT2D eigenvalue weighted by molar-refractivity contribution is 5.97. The first-order valence-electron chi connectivity index (χ1n) is 6.59. The summed E-state index contributed by atoms with van der Waals surface area (Å²) in [6, 6.07) is 7.74. The van der Waals surface area contributed by atoms with E-state index < -0.39 is 0 Å². The van der Waals surface area contributed by atoms with Crippen LogP contribution in [0.25, 0.3) is 0 Å². The summed E-state index contributed by atoms with van der Waals surface area (Å²) in [6.07, 6.45) is 8.45. The molecule has 0 fully saturated rings. The number of hydrogen-bond acceptors (Lipinski definition) is 1. The van der Waals surface area contributed by atoms with Crippen LogP contribution < -0.4 is 0 Å². The maximum Gasteiger partial charge on any atom is 0.167 e. The molecule has 0 unspecified atom stereocenters. The molecular weight excluding hydrogens is 232 g/mol. The second-order valence-corrected chi connectivity index (χ2v) is 4.95. The predicted octanol–water partition coefficient (Wildman–Crippen LogP) is 5.04. The number of rotatable bonds is 5. The van der Waals surface area contributed by atoms with Crippen LogP contribution in [0.2, 0.25) is 0 Å². The van der Waals surface area contributed by atoms with E-state index >= 15 is 0 Å².